The number of carbonyl (C=O) groups excluding carboxylic acids is 1. The Morgan fingerprint density at radius 3 is 2.44 bits per heavy atom. The fourth-order valence-corrected chi connectivity index (χ4v) is 4.92. The molecule has 27 heavy (non-hydrogen) atoms. The summed E-state index contributed by atoms with van der Waals surface area (Å²) in [5, 5.41) is 2.88. The zero-order valence-electron chi connectivity index (χ0n) is 14.9. The molecule has 0 unspecified atom stereocenters. The van der Waals surface area contributed by atoms with Crippen molar-refractivity contribution in [1.29, 1.82) is 0 Å². The number of hydrogen-bond acceptors (Lipinski definition) is 3. The monoisotopic (exact) mass is 450 g/mol. The topological polar surface area (TPSA) is 75.3 Å². The Labute approximate surface area is 168 Å². The van der Waals surface area contributed by atoms with Gasteiger partial charge in [-0.3, -0.25) is 4.79 Å². The van der Waals surface area contributed by atoms with E-state index in [1.54, 1.807) is 36.4 Å². The molecule has 0 heterocycles. The summed E-state index contributed by atoms with van der Waals surface area (Å²) in [7, 11) is -3.46. The Bertz CT molecular complexity index is 892. The maximum atomic E-state index is 12.4. The molecule has 0 saturated heterocycles. The third kappa shape index (κ3) is 5.64. The van der Waals surface area contributed by atoms with Crippen molar-refractivity contribution in [3.05, 3.63) is 64.1 Å². The lowest BCUT2D eigenvalue weighted by Crippen LogP contribution is -2.32. The van der Waals surface area contributed by atoms with E-state index in [1.807, 2.05) is 12.1 Å². The molecule has 1 fully saturated rings. The van der Waals surface area contributed by atoms with Gasteiger partial charge < -0.3 is 5.32 Å². The SMILES string of the molecule is O=C(NCCc1ccc(S(=O)(=O)NC2CCCC2)cc1)c1cccc(Br)c1. The lowest BCUT2D eigenvalue weighted by molar-refractivity contribution is 0.0954. The zero-order valence-corrected chi connectivity index (χ0v) is 17.4. The van der Waals surface area contributed by atoms with E-state index in [0.29, 0.717) is 18.5 Å². The van der Waals surface area contributed by atoms with Gasteiger partial charge in [0.2, 0.25) is 10.0 Å². The van der Waals surface area contributed by atoms with Crippen LogP contribution in [0.3, 0.4) is 0 Å². The smallest absolute Gasteiger partial charge is 0.251 e. The van der Waals surface area contributed by atoms with E-state index in [2.05, 4.69) is 26.0 Å². The van der Waals surface area contributed by atoms with Gasteiger partial charge in [0.05, 0.1) is 4.90 Å². The quantitative estimate of drug-likeness (QED) is 0.675. The second-order valence-electron chi connectivity index (χ2n) is 6.76. The van der Waals surface area contributed by atoms with Crippen molar-refractivity contribution in [2.45, 2.75) is 43.0 Å². The van der Waals surface area contributed by atoms with E-state index < -0.39 is 10.0 Å². The third-order valence-electron chi connectivity index (χ3n) is 4.70. The van der Waals surface area contributed by atoms with Crippen LogP contribution in [-0.2, 0) is 16.4 Å². The minimum atomic E-state index is -3.46. The molecule has 2 aromatic rings. The van der Waals surface area contributed by atoms with Crippen molar-refractivity contribution < 1.29 is 13.2 Å². The van der Waals surface area contributed by atoms with Crippen LogP contribution >= 0.6 is 15.9 Å². The van der Waals surface area contributed by atoms with Crippen molar-refractivity contribution >= 4 is 31.9 Å². The first kappa shape index (κ1) is 20.0. The van der Waals surface area contributed by atoms with Crippen molar-refractivity contribution in [1.82, 2.24) is 10.0 Å². The standard InChI is InChI=1S/C20H23BrN2O3S/c21-17-5-3-4-16(14-17)20(24)22-13-12-15-8-10-19(11-9-15)27(25,26)23-18-6-1-2-7-18/h3-5,8-11,14,18,23H,1-2,6-7,12-13H2,(H,22,24). The second-order valence-corrected chi connectivity index (χ2v) is 9.39. The van der Waals surface area contributed by atoms with Gasteiger partial charge in [-0.2, -0.15) is 0 Å². The van der Waals surface area contributed by atoms with Crippen molar-refractivity contribution in [2.75, 3.05) is 6.54 Å². The number of sulfonamides is 1. The molecule has 2 aromatic carbocycles. The van der Waals surface area contributed by atoms with Gasteiger partial charge in [-0.15, -0.1) is 0 Å². The van der Waals surface area contributed by atoms with E-state index in [0.717, 1.165) is 35.7 Å². The maximum Gasteiger partial charge on any atom is 0.251 e. The summed E-state index contributed by atoms with van der Waals surface area (Å²) >= 11 is 3.35. The molecule has 2 N–H and O–H groups in total. The molecule has 0 radical (unpaired) electrons. The number of amides is 1. The van der Waals surface area contributed by atoms with E-state index >= 15 is 0 Å². The minimum Gasteiger partial charge on any atom is -0.352 e. The Morgan fingerprint density at radius 2 is 1.78 bits per heavy atom. The molecule has 3 rings (SSSR count). The Kier molecular flexibility index (Phi) is 6.68. The van der Waals surface area contributed by atoms with Crippen molar-refractivity contribution in [3.8, 4) is 0 Å². The van der Waals surface area contributed by atoms with Crippen LogP contribution in [0, 0.1) is 0 Å². The summed E-state index contributed by atoms with van der Waals surface area (Å²) < 4.78 is 28.5. The van der Waals surface area contributed by atoms with Gasteiger partial charge in [0, 0.05) is 22.6 Å². The summed E-state index contributed by atoms with van der Waals surface area (Å²) in [4.78, 5) is 12.4. The van der Waals surface area contributed by atoms with Crippen LogP contribution in [0.4, 0.5) is 0 Å². The van der Waals surface area contributed by atoms with Gasteiger partial charge in [0.1, 0.15) is 0 Å². The largest absolute Gasteiger partial charge is 0.352 e. The van der Waals surface area contributed by atoms with Crippen LogP contribution in [0.5, 0.6) is 0 Å². The molecule has 7 heteroatoms. The van der Waals surface area contributed by atoms with Crippen LogP contribution < -0.4 is 10.0 Å². The van der Waals surface area contributed by atoms with Crippen LogP contribution in [0.15, 0.2) is 57.9 Å². The minimum absolute atomic E-state index is 0.0583. The highest BCUT2D eigenvalue weighted by molar-refractivity contribution is 9.10. The molecule has 1 aliphatic carbocycles. The lowest BCUT2D eigenvalue weighted by Gasteiger charge is -2.13. The number of nitrogens with one attached hydrogen (secondary N) is 2. The van der Waals surface area contributed by atoms with Gasteiger partial charge in [0.25, 0.3) is 5.91 Å². The fraction of sp³-hybridized carbons (Fsp3) is 0.350. The van der Waals surface area contributed by atoms with Crippen LogP contribution in [0.2, 0.25) is 0 Å². The highest BCUT2D eigenvalue weighted by atomic mass is 79.9. The summed E-state index contributed by atoms with van der Waals surface area (Å²) in [5.41, 5.74) is 1.58. The Balaban J connectivity index is 1.52. The average Bonchev–Trinajstić information content (AvgIpc) is 3.14. The van der Waals surface area contributed by atoms with Gasteiger partial charge in [-0.25, -0.2) is 13.1 Å². The molecule has 0 aliphatic heterocycles. The first-order valence-corrected chi connectivity index (χ1v) is 11.4. The van der Waals surface area contributed by atoms with Gasteiger partial charge in [-0.05, 0) is 55.2 Å². The third-order valence-corrected chi connectivity index (χ3v) is 6.73. The molecular weight excluding hydrogens is 428 g/mol. The predicted molar refractivity (Wildman–Crippen MR) is 109 cm³/mol. The number of hydrogen-bond donors (Lipinski definition) is 2. The highest BCUT2D eigenvalue weighted by Crippen LogP contribution is 2.20. The van der Waals surface area contributed by atoms with E-state index in [4.69, 9.17) is 0 Å². The molecular formula is C20H23BrN2O3S. The molecule has 1 amide bonds. The summed E-state index contributed by atoms with van der Waals surface area (Å²) in [6.07, 6.45) is 4.62. The molecule has 0 aromatic heterocycles. The first-order valence-electron chi connectivity index (χ1n) is 9.09. The number of benzene rings is 2. The Morgan fingerprint density at radius 1 is 1.07 bits per heavy atom. The van der Waals surface area contributed by atoms with Crippen molar-refractivity contribution in [3.63, 3.8) is 0 Å². The molecule has 1 aliphatic rings. The van der Waals surface area contributed by atoms with Gasteiger partial charge in [0.15, 0.2) is 0 Å². The maximum absolute atomic E-state index is 12.4. The van der Waals surface area contributed by atoms with Gasteiger partial charge in [-0.1, -0.05) is 47.0 Å². The van der Waals surface area contributed by atoms with E-state index in [1.165, 1.54) is 0 Å². The second kappa shape index (κ2) is 8.99. The molecule has 144 valence electrons. The molecule has 0 atom stereocenters. The first-order chi connectivity index (χ1) is 12.9. The normalized spacial score (nSPS) is 15.0. The van der Waals surface area contributed by atoms with Crippen LogP contribution in [-0.4, -0.2) is 26.9 Å². The molecule has 0 spiro atoms. The lowest BCUT2D eigenvalue weighted by atomic mass is 10.1. The molecule has 5 nitrogen and oxygen atoms in total. The molecule has 0 bridgehead atoms. The summed E-state index contributed by atoms with van der Waals surface area (Å²) in [5.74, 6) is -0.128. The zero-order chi connectivity index (χ0) is 19.3. The van der Waals surface area contributed by atoms with E-state index in [9.17, 15) is 13.2 Å². The van der Waals surface area contributed by atoms with E-state index in [-0.39, 0.29) is 16.8 Å². The van der Waals surface area contributed by atoms with Crippen molar-refractivity contribution in [2.24, 2.45) is 0 Å². The Hall–Kier alpha value is -1.70. The van der Waals surface area contributed by atoms with Crippen LogP contribution in [0.1, 0.15) is 41.6 Å². The number of rotatable bonds is 7. The highest BCUT2D eigenvalue weighted by Gasteiger charge is 2.22. The predicted octanol–water partition coefficient (Wildman–Crippen LogP) is 3.64. The number of carbonyl (C=O) groups is 1. The summed E-state index contributed by atoms with van der Waals surface area (Å²) in [6, 6.07) is 14.1. The summed E-state index contributed by atoms with van der Waals surface area (Å²) in [6.45, 7) is 0.484. The molecule has 1 saturated carbocycles. The average molecular weight is 451 g/mol. The fourth-order valence-electron chi connectivity index (χ4n) is 3.22. The van der Waals surface area contributed by atoms with Crippen LogP contribution in [0.25, 0.3) is 0 Å². The number of halogens is 1. The van der Waals surface area contributed by atoms with Gasteiger partial charge >= 0.3 is 0 Å².